The van der Waals surface area contributed by atoms with E-state index in [0.717, 1.165) is 38.7 Å². The van der Waals surface area contributed by atoms with E-state index >= 15 is 0 Å². The Bertz CT molecular complexity index is 1160. The number of thiocarbonyl (C=S) groups is 1. The highest BCUT2D eigenvalue weighted by Gasteiger charge is 2.43. The van der Waals surface area contributed by atoms with Crippen molar-refractivity contribution < 1.29 is 4.74 Å². The van der Waals surface area contributed by atoms with E-state index in [1.54, 1.807) is 7.11 Å². The minimum Gasteiger partial charge on any atom is -0.497 e. The van der Waals surface area contributed by atoms with Gasteiger partial charge in [0.05, 0.1) is 13.2 Å². The van der Waals surface area contributed by atoms with Crippen molar-refractivity contribution in [1.82, 2.24) is 15.5 Å². The maximum absolute atomic E-state index is 5.49. The fraction of sp³-hybridized carbons (Fsp3) is 0.190. The number of hydrogen-bond donors (Lipinski definition) is 1. The molecule has 1 aromatic heterocycles. The van der Waals surface area contributed by atoms with Crippen molar-refractivity contribution >= 4 is 45.5 Å². The normalized spacial score (nSPS) is 20.3. The zero-order valence-corrected chi connectivity index (χ0v) is 17.9. The molecule has 3 heterocycles. The van der Waals surface area contributed by atoms with Gasteiger partial charge in [-0.25, -0.2) is 4.99 Å². The molecule has 0 amide bonds. The standard InChI is InChI=1S/C21H18N6OS2/c1-12-25-26-21(30-12)27-18(14-6-4-3-5-7-14)22-17-16(23-20(29)24-19(17)27)13-8-10-15(28-2)11-9-13/h3-11,16-17H,1-2H3,(H,23,29)/t16-,17+/m0/s1. The van der Waals surface area contributed by atoms with Crippen molar-refractivity contribution in [3.8, 4) is 5.75 Å². The first-order valence-corrected chi connectivity index (χ1v) is 10.6. The van der Waals surface area contributed by atoms with Crippen LogP contribution in [0.4, 0.5) is 5.13 Å². The van der Waals surface area contributed by atoms with Gasteiger partial charge in [0.1, 0.15) is 28.5 Å². The number of amidine groups is 2. The summed E-state index contributed by atoms with van der Waals surface area (Å²) in [5.74, 6) is 2.35. The van der Waals surface area contributed by atoms with Gasteiger partial charge in [-0.15, -0.1) is 10.2 Å². The van der Waals surface area contributed by atoms with Gasteiger partial charge in [0, 0.05) is 5.56 Å². The van der Waals surface area contributed by atoms with Gasteiger partial charge >= 0.3 is 0 Å². The Kier molecular flexibility index (Phi) is 4.76. The summed E-state index contributed by atoms with van der Waals surface area (Å²) < 4.78 is 5.30. The van der Waals surface area contributed by atoms with E-state index < -0.39 is 0 Å². The first-order chi connectivity index (χ1) is 14.6. The highest BCUT2D eigenvalue weighted by atomic mass is 32.1. The van der Waals surface area contributed by atoms with Gasteiger partial charge < -0.3 is 10.1 Å². The highest BCUT2D eigenvalue weighted by Crippen LogP contribution is 2.35. The molecule has 2 aliphatic rings. The van der Waals surface area contributed by atoms with E-state index in [4.69, 9.17) is 21.9 Å². The number of rotatable bonds is 4. The minimum atomic E-state index is -0.246. The molecule has 0 aliphatic carbocycles. The Labute approximate surface area is 183 Å². The van der Waals surface area contributed by atoms with Crippen molar-refractivity contribution in [3.05, 3.63) is 70.7 Å². The van der Waals surface area contributed by atoms with Crippen LogP contribution in [-0.2, 0) is 0 Å². The summed E-state index contributed by atoms with van der Waals surface area (Å²) in [6, 6.07) is 17.6. The SMILES string of the molecule is COc1ccc([C@@H]2NC(=S)N=C3[C@@H]2N=C(c2ccccc2)N3c2nnc(C)s2)cc1. The summed E-state index contributed by atoms with van der Waals surface area (Å²) in [5.41, 5.74) is 2.05. The van der Waals surface area contributed by atoms with Crippen molar-refractivity contribution in [2.45, 2.75) is 19.0 Å². The minimum absolute atomic E-state index is 0.145. The first-order valence-electron chi connectivity index (χ1n) is 9.40. The second kappa shape index (κ2) is 7.58. The van der Waals surface area contributed by atoms with Crippen molar-refractivity contribution in [2.75, 3.05) is 12.0 Å². The maximum atomic E-state index is 5.49. The third-order valence-corrected chi connectivity index (χ3v) is 6.02. The Morgan fingerprint density at radius 1 is 1.07 bits per heavy atom. The summed E-state index contributed by atoms with van der Waals surface area (Å²) in [5, 5.41) is 13.9. The lowest BCUT2D eigenvalue weighted by atomic mass is 9.98. The number of benzene rings is 2. The number of aromatic nitrogens is 2. The van der Waals surface area contributed by atoms with Gasteiger partial charge in [-0.1, -0.05) is 53.8 Å². The summed E-state index contributed by atoms with van der Waals surface area (Å²) in [7, 11) is 1.66. The molecule has 150 valence electrons. The van der Waals surface area contributed by atoms with E-state index in [9.17, 15) is 0 Å². The number of anilines is 1. The third-order valence-electron chi connectivity index (χ3n) is 4.99. The van der Waals surface area contributed by atoms with Gasteiger partial charge in [-0.3, -0.25) is 9.89 Å². The van der Waals surface area contributed by atoms with E-state index in [2.05, 4.69) is 20.5 Å². The summed E-state index contributed by atoms with van der Waals surface area (Å²) in [4.78, 5) is 11.7. The Morgan fingerprint density at radius 3 is 2.50 bits per heavy atom. The monoisotopic (exact) mass is 434 g/mol. The van der Waals surface area contributed by atoms with Crippen LogP contribution in [0.15, 0.2) is 64.6 Å². The van der Waals surface area contributed by atoms with Crippen molar-refractivity contribution in [3.63, 3.8) is 0 Å². The van der Waals surface area contributed by atoms with Crippen LogP contribution in [0.25, 0.3) is 0 Å². The molecule has 1 N–H and O–H groups in total. The Balaban J connectivity index is 1.63. The van der Waals surface area contributed by atoms with Crippen molar-refractivity contribution in [1.29, 1.82) is 0 Å². The number of methoxy groups -OCH3 is 1. The van der Waals surface area contributed by atoms with Gasteiger partial charge in [-0.05, 0) is 36.8 Å². The van der Waals surface area contributed by atoms with Crippen LogP contribution < -0.4 is 15.0 Å². The van der Waals surface area contributed by atoms with Crippen molar-refractivity contribution in [2.24, 2.45) is 9.98 Å². The molecule has 0 bridgehead atoms. The fourth-order valence-electron chi connectivity index (χ4n) is 3.61. The maximum Gasteiger partial charge on any atom is 0.219 e. The molecule has 3 aromatic rings. The molecule has 30 heavy (non-hydrogen) atoms. The van der Waals surface area contributed by atoms with Crippen LogP contribution in [0, 0.1) is 6.92 Å². The summed E-state index contributed by atoms with van der Waals surface area (Å²) >= 11 is 6.99. The van der Waals surface area contributed by atoms with Crippen LogP contribution in [-0.4, -0.2) is 40.1 Å². The molecule has 7 nitrogen and oxygen atoms in total. The predicted molar refractivity (Wildman–Crippen MR) is 123 cm³/mol. The van der Waals surface area contributed by atoms with Gasteiger partial charge in [0.2, 0.25) is 5.13 Å². The summed E-state index contributed by atoms with van der Waals surface area (Å²) in [6.07, 6.45) is 0. The van der Waals surface area contributed by atoms with Crippen LogP contribution in [0.1, 0.15) is 22.2 Å². The topological polar surface area (TPSA) is 75.0 Å². The second-order valence-corrected chi connectivity index (χ2v) is 8.42. The lowest BCUT2D eigenvalue weighted by molar-refractivity contribution is 0.414. The summed E-state index contributed by atoms with van der Waals surface area (Å²) in [6.45, 7) is 1.93. The largest absolute Gasteiger partial charge is 0.497 e. The number of ether oxygens (including phenoxy) is 1. The molecular weight excluding hydrogens is 416 g/mol. The highest BCUT2D eigenvalue weighted by molar-refractivity contribution is 7.80. The molecule has 0 radical (unpaired) electrons. The average molecular weight is 435 g/mol. The molecule has 0 spiro atoms. The molecule has 0 fully saturated rings. The molecule has 2 atom stereocenters. The lowest BCUT2D eigenvalue weighted by Crippen LogP contribution is -2.47. The van der Waals surface area contributed by atoms with Crippen LogP contribution in [0.2, 0.25) is 0 Å². The molecule has 0 unspecified atom stereocenters. The van der Waals surface area contributed by atoms with Crippen LogP contribution >= 0.6 is 23.6 Å². The third kappa shape index (κ3) is 3.25. The second-order valence-electron chi connectivity index (χ2n) is 6.87. The Morgan fingerprint density at radius 2 is 1.83 bits per heavy atom. The van der Waals surface area contributed by atoms with Gasteiger partial charge in [0.25, 0.3) is 0 Å². The van der Waals surface area contributed by atoms with Crippen LogP contribution in [0.5, 0.6) is 5.75 Å². The van der Waals surface area contributed by atoms with E-state index in [-0.39, 0.29) is 12.1 Å². The first kappa shape index (κ1) is 18.8. The molecule has 5 rings (SSSR count). The molecule has 9 heteroatoms. The molecule has 2 aromatic carbocycles. The van der Waals surface area contributed by atoms with Gasteiger partial charge in [0.15, 0.2) is 5.11 Å². The van der Waals surface area contributed by atoms with E-state index in [0.29, 0.717) is 5.11 Å². The predicted octanol–water partition coefficient (Wildman–Crippen LogP) is 3.52. The van der Waals surface area contributed by atoms with E-state index in [1.807, 2.05) is 66.4 Å². The molecule has 2 aliphatic heterocycles. The zero-order chi connectivity index (χ0) is 20.7. The zero-order valence-electron chi connectivity index (χ0n) is 16.3. The molecule has 0 saturated heterocycles. The van der Waals surface area contributed by atoms with Crippen LogP contribution in [0.3, 0.4) is 0 Å². The fourth-order valence-corrected chi connectivity index (χ4v) is 4.53. The number of nitrogens with one attached hydrogen (secondary N) is 1. The Hall–Kier alpha value is -3.17. The molecule has 0 saturated carbocycles. The lowest BCUT2D eigenvalue weighted by Gasteiger charge is -2.30. The average Bonchev–Trinajstić information content (AvgIpc) is 3.37. The number of hydrogen-bond acceptors (Lipinski definition) is 7. The van der Waals surface area contributed by atoms with Gasteiger partial charge in [-0.2, -0.15) is 0 Å². The number of aryl methyl sites for hydroxylation is 1. The number of fused-ring (bicyclic) bond motifs is 1. The smallest absolute Gasteiger partial charge is 0.219 e. The number of nitrogens with zero attached hydrogens (tertiary/aromatic N) is 5. The van der Waals surface area contributed by atoms with E-state index in [1.165, 1.54) is 11.3 Å². The molecular formula is C21H18N6OS2. The quantitative estimate of drug-likeness (QED) is 0.634. The number of aliphatic imine (C=N–C) groups is 2.